The molecule has 1 aliphatic heterocycles. The zero-order chi connectivity index (χ0) is 13.3. The van der Waals surface area contributed by atoms with Crippen LogP contribution >= 0.6 is 0 Å². The highest BCUT2D eigenvalue weighted by Crippen LogP contribution is 2.28. The highest BCUT2D eigenvalue weighted by molar-refractivity contribution is 5.34. The number of ether oxygens (including phenoxy) is 1. The minimum Gasteiger partial charge on any atom is -0.380 e. The van der Waals surface area contributed by atoms with Crippen molar-refractivity contribution in [3.8, 4) is 6.07 Å². The summed E-state index contributed by atoms with van der Waals surface area (Å²) in [6.45, 7) is 7.95. The van der Waals surface area contributed by atoms with Gasteiger partial charge < -0.3 is 14.2 Å². The van der Waals surface area contributed by atoms with E-state index in [2.05, 4.69) is 31.9 Å². The summed E-state index contributed by atoms with van der Waals surface area (Å²) < 4.78 is 7.24. The smallest absolute Gasteiger partial charge is 0.120 e. The van der Waals surface area contributed by atoms with Crippen molar-refractivity contribution < 1.29 is 4.74 Å². The molecule has 1 saturated heterocycles. The Morgan fingerprint density at radius 2 is 2.22 bits per heavy atom. The third-order valence-electron chi connectivity index (χ3n) is 3.75. The fourth-order valence-electron chi connectivity index (χ4n) is 2.57. The summed E-state index contributed by atoms with van der Waals surface area (Å²) in [5, 5.41) is 9.02. The Balaban J connectivity index is 2.03. The second kappa shape index (κ2) is 4.75. The molecule has 1 fully saturated rings. The Bertz CT molecular complexity index is 480. The van der Waals surface area contributed by atoms with Crippen LogP contribution in [0.2, 0.25) is 0 Å². The molecule has 1 aromatic heterocycles. The third kappa shape index (κ3) is 2.43. The van der Waals surface area contributed by atoms with Crippen LogP contribution in [0.25, 0.3) is 0 Å². The predicted octanol–water partition coefficient (Wildman–Crippen LogP) is 1.67. The van der Waals surface area contributed by atoms with Gasteiger partial charge in [0.05, 0.1) is 13.2 Å². The quantitative estimate of drug-likeness (QED) is 0.812. The van der Waals surface area contributed by atoms with E-state index >= 15 is 0 Å². The van der Waals surface area contributed by atoms with Gasteiger partial charge in [0, 0.05) is 31.2 Å². The summed E-state index contributed by atoms with van der Waals surface area (Å²) in [5.74, 6) is 0. The summed E-state index contributed by atoms with van der Waals surface area (Å²) in [7, 11) is 4.07. The fraction of sp³-hybridized carbons (Fsp3) is 0.643. The van der Waals surface area contributed by atoms with Crippen LogP contribution in [0, 0.1) is 23.7 Å². The number of hydrogen-bond acceptors (Lipinski definition) is 3. The van der Waals surface area contributed by atoms with Crippen molar-refractivity contribution in [2.45, 2.75) is 20.4 Å². The molecular weight excluding hydrogens is 226 g/mol. The first-order chi connectivity index (χ1) is 8.45. The minimum atomic E-state index is 0.301. The van der Waals surface area contributed by atoms with E-state index in [1.807, 2.05) is 17.7 Å². The average Bonchev–Trinajstić information content (AvgIpc) is 2.55. The van der Waals surface area contributed by atoms with Crippen LogP contribution in [0.1, 0.15) is 23.9 Å². The minimum absolute atomic E-state index is 0.301. The normalized spacial score (nSPS) is 17.6. The second-order valence-corrected chi connectivity index (χ2v) is 5.79. The lowest BCUT2D eigenvalue weighted by Crippen LogP contribution is -2.47. The number of nitriles is 1. The fourth-order valence-corrected chi connectivity index (χ4v) is 2.57. The maximum Gasteiger partial charge on any atom is 0.120 e. The van der Waals surface area contributed by atoms with Crippen LogP contribution in [-0.2, 0) is 18.3 Å². The molecule has 1 aliphatic rings. The van der Waals surface area contributed by atoms with E-state index in [0.717, 1.165) is 32.0 Å². The van der Waals surface area contributed by atoms with Crippen molar-refractivity contribution in [3.05, 3.63) is 23.0 Å². The SMILES string of the molecule is Cc1c(CN(C)CC2(C)COC2)cc(C#N)n1C. The molecule has 1 aromatic rings. The van der Waals surface area contributed by atoms with Gasteiger partial charge in [-0.25, -0.2) is 0 Å². The Kier molecular flexibility index (Phi) is 3.47. The predicted molar refractivity (Wildman–Crippen MR) is 70.1 cm³/mol. The summed E-state index contributed by atoms with van der Waals surface area (Å²) in [4.78, 5) is 2.31. The van der Waals surface area contributed by atoms with Crippen LogP contribution < -0.4 is 0 Å². The van der Waals surface area contributed by atoms with Gasteiger partial charge in [-0.1, -0.05) is 6.92 Å². The van der Waals surface area contributed by atoms with Gasteiger partial charge in [-0.15, -0.1) is 0 Å². The van der Waals surface area contributed by atoms with E-state index < -0.39 is 0 Å². The molecule has 2 rings (SSSR count). The maximum absolute atomic E-state index is 9.02. The number of hydrogen-bond donors (Lipinski definition) is 0. The van der Waals surface area contributed by atoms with Crippen molar-refractivity contribution in [2.24, 2.45) is 12.5 Å². The Labute approximate surface area is 109 Å². The number of rotatable bonds is 4. The first-order valence-corrected chi connectivity index (χ1v) is 6.27. The molecule has 0 aromatic carbocycles. The summed E-state index contributed by atoms with van der Waals surface area (Å²) in [5.41, 5.74) is 3.44. The van der Waals surface area contributed by atoms with Gasteiger partial charge in [0.25, 0.3) is 0 Å². The molecule has 0 unspecified atom stereocenters. The van der Waals surface area contributed by atoms with Crippen molar-refractivity contribution in [2.75, 3.05) is 26.8 Å². The molecule has 0 radical (unpaired) electrons. The van der Waals surface area contributed by atoms with E-state index in [-0.39, 0.29) is 0 Å². The molecule has 18 heavy (non-hydrogen) atoms. The Hall–Kier alpha value is -1.31. The molecule has 0 N–H and O–H groups in total. The van der Waals surface area contributed by atoms with Gasteiger partial charge in [0.15, 0.2) is 0 Å². The van der Waals surface area contributed by atoms with Gasteiger partial charge in [0.1, 0.15) is 11.8 Å². The molecular formula is C14H21N3O. The van der Waals surface area contributed by atoms with Gasteiger partial charge in [-0.3, -0.25) is 0 Å². The molecule has 0 amide bonds. The van der Waals surface area contributed by atoms with E-state index in [0.29, 0.717) is 5.41 Å². The van der Waals surface area contributed by atoms with Crippen LogP contribution in [0.15, 0.2) is 6.07 Å². The standard InChI is InChI=1S/C14H21N3O/c1-11-12(5-13(6-15)17(11)4)7-16(3)8-14(2)9-18-10-14/h5H,7-10H2,1-4H3. The Morgan fingerprint density at radius 3 is 2.67 bits per heavy atom. The zero-order valence-electron chi connectivity index (χ0n) is 11.7. The topological polar surface area (TPSA) is 41.2 Å². The van der Waals surface area contributed by atoms with Crippen LogP contribution in [0.5, 0.6) is 0 Å². The zero-order valence-corrected chi connectivity index (χ0v) is 11.7. The highest BCUT2D eigenvalue weighted by Gasteiger charge is 2.34. The lowest BCUT2D eigenvalue weighted by atomic mass is 9.88. The maximum atomic E-state index is 9.02. The van der Waals surface area contributed by atoms with Crippen LogP contribution in [-0.4, -0.2) is 36.3 Å². The average molecular weight is 247 g/mol. The van der Waals surface area contributed by atoms with Crippen LogP contribution in [0.4, 0.5) is 0 Å². The van der Waals surface area contributed by atoms with E-state index in [1.54, 1.807) is 0 Å². The van der Waals surface area contributed by atoms with Crippen molar-refractivity contribution in [1.82, 2.24) is 9.47 Å². The summed E-state index contributed by atoms with van der Waals surface area (Å²) in [6, 6.07) is 4.22. The molecule has 0 atom stereocenters. The first kappa shape index (κ1) is 13.1. The molecule has 0 bridgehead atoms. The van der Waals surface area contributed by atoms with Crippen molar-refractivity contribution >= 4 is 0 Å². The Morgan fingerprint density at radius 1 is 1.56 bits per heavy atom. The molecule has 98 valence electrons. The largest absolute Gasteiger partial charge is 0.380 e. The van der Waals surface area contributed by atoms with Crippen molar-refractivity contribution in [3.63, 3.8) is 0 Å². The summed E-state index contributed by atoms with van der Waals surface area (Å²) >= 11 is 0. The van der Waals surface area contributed by atoms with Gasteiger partial charge in [0.2, 0.25) is 0 Å². The van der Waals surface area contributed by atoms with E-state index in [1.165, 1.54) is 11.3 Å². The van der Waals surface area contributed by atoms with E-state index in [9.17, 15) is 0 Å². The molecule has 0 aliphatic carbocycles. The van der Waals surface area contributed by atoms with Crippen LogP contribution in [0.3, 0.4) is 0 Å². The highest BCUT2D eigenvalue weighted by atomic mass is 16.5. The summed E-state index contributed by atoms with van der Waals surface area (Å²) in [6.07, 6.45) is 0. The first-order valence-electron chi connectivity index (χ1n) is 6.27. The molecule has 0 spiro atoms. The number of aromatic nitrogens is 1. The third-order valence-corrected chi connectivity index (χ3v) is 3.75. The molecule has 4 heteroatoms. The molecule has 0 saturated carbocycles. The van der Waals surface area contributed by atoms with Crippen molar-refractivity contribution in [1.29, 1.82) is 5.26 Å². The number of nitrogens with zero attached hydrogens (tertiary/aromatic N) is 3. The lowest BCUT2D eigenvalue weighted by Gasteiger charge is -2.40. The molecule has 2 heterocycles. The second-order valence-electron chi connectivity index (χ2n) is 5.79. The monoisotopic (exact) mass is 247 g/mol. The molecule has 4 nitrogen and oxygen atoms in total. The van der Waals surface area contributed by atoms with Gasteiger partial charge in [-0.05, 0) is 25.6 Å². The van der Waals surface area contributed by atoms with Gasteiger partial charge >= 0.3 is 0 Å². The van der Waals surface area contributed by atoms with E-state index in [4.69, 9.17) is 10.00 Å². The lowest BCUT2D eigenvalue weighted by molar-refractivity contribution is -0.113. The van der Waals surface area contributed by atoms with Gasteiger partial charge in [-0.2, -0.15) is 5.26 Å².